The number of hydrogen-bond donors (Lipinski definition) is 1. The largest absolute Gasteiger partial charge is 0.492 e. The quantitative estimate of drug-likeness (QED) is 0.871. The molecule has 0 aliphatic heterocycles. The van der Waals surface area contributed by atoms with Crippen molar-refractivity contribution >= 4 is 21.9 Å². The van der Waals surface area contributed by atoms with Crippen LogP contribution in [0.15, 0.2) is 28.7 Å². The molecule has 0 spiro atoms. The van der Waals surface area contributed by atoms with E-state index in [0.29, 0.717) is 13.2 Å². The third kappa shape index (κ3) is 6.07. The molecule has 0 bridgehead atoms. The maximum absolute atomic E-state index is 10.8. The summed E-state index contributed by atoms with van der Waals surface area (Å²) in [5, 5.41) is 8.91. The Labute approximate surface area is 122 Å². The molecule has 5 heteroatoms. The molecule has 1 rings (SSSR count). The molecule has 0 heterocycles. The molecule has 0 radical (unpaired) electrons. The molecule has 19 heavy (non-hydrogen) atoms. The lowest BCUT2D eigenvalue weighted by Crippen LogP contribution is -2.46. The molecular weight excluding hydrogens is 310 g/mol. The predicted octanol–water partition coefficient (Wildman–Crippen LogP) is 3.01. The van der Waals surface area contributed by atoms with Crippen LogP contribution in [0.1, 0.15) is 20.8 Å². The van der Waals surface area contributed by atoms with E-state index in [1.54, 1.807) is 0 Å². The first-order chi connectivity index (χ1) is 8.79. The third-order valence-corrected chi connectivity index (χ3v) is 3.25. The van der Waals surface area contributed by atoms with Crippen LogP contribution in [0.25, 0.3) is 0 Å². The minimum atomic E-state index is -0.821. The van der Waals surface area contributed by atoms with Gasteiger partial charge in [-0.2, -0.15) is 0 Å². The Morgan fingerprint density at radius 3 is 2.37 bits per heavy atom. The van der Waals surface area contributed by atoms with Crippen molar-refractivity contribution in [1.82, 2.24) is 4.90 Å². The second-order valence-electron chi connectivity index (χ2n) is 5.29. The molecule has 0 aliphatic carbocycles. The van der Waals surface area contributed by atoms with Crippen LogP contribution in [0.3, 0.4) is 0 Å². The number of carboxylic acids is 1. The third-order valence-electron chi connectivity index (χ3n) is 2.72. The Bertz CT molecular complexity index is 412. The molecule has 0 fully saturated rings. The zero-order valence-corrected chi connectivity index (χ0v) is 13.1. The fraction of sp³-hybridized carbons (Fsp3) is 0.500. The zero-order valence-electron chi connectivity index (χ0n) is 11.5. The number of aliphatic carboxylic acids is 1. The first kappa shape index (κ1) is 16.0. The number of hydrogen-bond acceptors (Lipinski definition) is 3. The first-order valence-corrected chi connectivity index (χ1v) is 6.93. The molecule has 0 aliphatic rings. The highest BCUT2D eigenvalue weighted by atomic mass is 79.9. The lowest BCUT2D eigenvalue weighted by atomic mass is 10.1. The summed E-state index contributed by atoms with van der Waals surface area (Å²) in [7, 11) is 0. The van der Waals surface area contributed by atoms with Crippen LogP contribution in [0.5, 0.6) is 5.75 Å². The van der Waals surface area contributed by atoms with Crippen LogP contribution in [-0.2, 0) is 4.79 Å². The second kappa shape index (κ2) is 6.91. The van der Waals surface area contributed by atoms with Crippen LogP contribution in [0, 0.1) is 0 Å². The van der Waals surface area contributed by atoms with Gasteiger partial charge < -0.3 is 9.84 Å². The molecule has 0 atom stereocenters. The number of nitrogens with zero attached hydrogens (tertiary/aromatic N) is 1. The molecule has 0 saturated heterocycles. The Kier molecular flexibility index (Phi) is 5.82. The Balaban J connectivity index is 2.48. The Morgan fingerprint density at radius 2 is 1.89 bits per heavy atom. The average Bonchev–Trinajstić information content (AvgIpc) is 2.28. The summed E-state index contributed by atoms with van der Waals surface area (Å²) in [4.78, 5) is 12.7. The molecule has 0 saturated carbocycles. The van der Waals surface area contributed by atoms with Gasteiger partial charge in [-0.25, -0.2) is 0 Å². The van der Waals surface area contributed by atoms with Crippen LogP contribution in [-0.4, -0.2) is 41.2 Å². The molecule has 106 valence electrons. The fourth-order valence-corrected chi connectivity index (χ4v) is 1.88. The summed E-state index contributed by atoms with van der Waals surface area (Å²) in [5.74, 6) is -0.0362. The summed E-state index contributed by atoms with van der Waals surface area (Å²) in [6.07, 6.45) is 0. The van der Waals surface area contributed by atoms with E-state index in [0.717, 1.165) is 10.2 Å². The highest BCUT2D eigenvalue weighted by Gasteiger charge is 2.23. The highest BCUT2D eigenvalue weighted by Crippen LogP contribution is 2.17. The second-order valence-corrected chi connectivity index (χ2v) is 6.20. The predicted molar refractivity (Wildman–Crippen MR) is 78.6 cm³/mol. The standard InChI is InChI=1S/C14H20BrNO3/c1-14(2,3)16(10-13(17)18)8-9-19-12-6-4-11(15)5-7-12/h4-7H,8-10H2,1-3H3,(H,17,18). The molecule has 1 aromatic rings. The smallest absolute Gasteiger partial charge is 0.317 e. The molecule has 4 nitrogen and oxygen atoms in total. The van der Waals surface area contributed by atoms with E-state index in [1.807, 2.05) is 49.9 Å². The maximum atomic E-state index is 10.8. The fourth-order valence-electron chi connectivity index (χ4n) is 1.62. The maximum Gasteiger partial charge on any atom is 0.317 e. The molecule has 1 N–H and O–H groups in total. The van der Waals surface area contributed by atoms with Gasteiger partial charge in [0, 0.05) is 16.6 Å². The lowest BCUT2D eigenvalue weighted by molar-refractivity contribution is -0.139. The topological polar surface area (TPSA) is 49.8 Å². The average molecular weight is 330 g/mol. The van der Waals surface area contributed by atoms with Crippen molar-refractivity contribution in [2.24, 2.45) is 0 Å². The molecule has 0 unspecified atom stereocenters. The number of ether oxygens (including phenoxy) is 1. The Morgan fingerprint density at radius 1 is 1.32 bits per heavy atom. The van der Waals surface area contributed by atoms with Crippen molar-refractivity contribution in [3.63, 3.8) is 0 Å². The molecule has 1 aromatic carbocycles. The number of benzene rings is 1. The van der Waals surface area contributed by atoms with Crippen molar-refractivity contribution in [1.29, 1.82) is 0 Å². The van der Waals surface area contributed by atoms with Gasteiger partial charge in [0.2, 0.25) is 0 Å². The molecule has 0 aromatic heterocycles. The number of carboxylic acid groups (broad SMARTS) is 1. The zero-order chi connectivity index (χ0) is 14.5. The highest BCUT2D eigenvalue weighted by molar-refractivity contribution is 9.10. The minimum Gasteiger partial charge on any atom is -0.492 e. The summed E-state index contributed by atoms with van der Waals surface area (Å²) in [6.45, 7) is 7.05. The van der Waals surface area contributed by atoms with E-state index < -0.39 is 5.97 Å². The lowest BCUT2D eigenvalue weighted by Gasteiger charge is -2.34. The van der Waals surface area contributed by atoms with Gasteiger partial charge in [-0.1, -0.05) is 15.9 Å². The van der Waals surface area contributed by atoms with E-state index in [-0.39, 0.29) is 12.1 Å². The summed E-state index contributed by atoms with van der Waals surface area (Å²) in [6, 6.07) is 7.58. The van der Waals surface area contributed by atoms with Crippen LogP contribution >= 0.6 is 15.9 Å². The van der Waals surface area contributed by atoms with Gasteiger partial charge in [0.1, 0.15) is 12.4 Å². The van der Waals surface area contributed by atoms with Crippen molar-refractivity contribution in [2.45, 2.75) is 26.3 Å². The van der Waals surface area contributed by atoms with E-state index >= 15 is 0 Å². The van der Waals surface area contributed by atoms with Crippen molar-refractivity contribution in [3.8, 4) is 5.75 Å². The van der Waals surface area contributed by atoms with Crippen molar-refractivity contribution < 1.29 is 14.6 Å². The summed E-state index contributed by atoms with van der Waals surface area (Å²) >= 11 is 3.36. The normalized spacial score (nSPS) is 11.6. The van der Waals surface area contributed by atoms with Gasteiger partial charge in [0.05, 0.1) is 6.54 Å². The summed E-state index contributed by atoms with van der Waals surface area (Å²) in [5.41, 5.74) is -0.193. The first-order valence-electron chi connectivity index (χ1n) is 6.14. The van der Waals surface area contributed by atoms with E-state index in [1.165, 1.54) is 0 Å². The van der Waals surface area contributed by atoms with Gasteiger partial charge in [-0.15, -0.1) is 0 Å². The minimum absolute atomic E-state index is 0.0210. The monoisotopic (exact) mass is 329 g/mol. The SMILES string of the molecule is CC(C)(C)N(CCOc1ccc(Br)cc1)CC(=O)O. The van der Waals surface area contributed by atoms with Gasteiger partial charge in [-0.3, -0.25) is 9.69 Å². The van der Waals surface area contributed by atoms with E-state index in [4.69, 9.17) is 9.84 Å². The van der Waals surface area contributed by atoms with Crippen LogP contribution in [0.4, 0.5) is 0 Å². The van der Waals surface area contributed by atoms with E-state index in [9.17, 15) is 4.79 Å². The number of halogens is 1. The van der Waals surface area contributed by atoms with Crippen LogP contribution < -0.4 is 4.74 Å². The van der Waals surface area contributed by atoms with Gasteiger partial charge in [0.25, 0.3) is 0 Å². The van der Waals surface area contributed by atoms with Crippen LogP contribution in [0.2, 0.25) is 0 Å². The summed E-state index contributed by atoms with van der Waals surface area (Å²) < 4.78 is 6.61. The number of rotatable bonds is 6. The number of carbonyl (C=O) groups is 1. The molecule has 0 amide bonds. The van der Waals surface area contributed by atoms with E-state index in [2.05, 4.69) is 15.9 Å². The Hall–Kier alpha value is -1.07. The van der Waals surface area contributed by atoms with Gasteiger partial charge >= 0.3 is 5.97 Å². The van der Waals surface area contributed by atoms with Crippen molar-refractivity contribution in [3.05, 3.63) is 28.7 Å². The van der Waals surface area contributed by atoms with Crippen molar-refractivity contribution in [2.75, 3.05) is 19.7 Å². The van der Waals surface area contributed by atoms with Gasteiger partial charge in [0.15, 0.2) is 0 Å². The molecular formula is C14H20BrNO3. The van der Waals surface area contributed by atoms with Gasteiger partial charge in [-0.05, 0) is 45.0 Å².